The number of amides is 3. The molecule has 3 amide bonds. The fourth-order valence-corrected chi connectivity index (χ4v) is 6.50. The number of nitrogens with zero attached hydrogens (tertiary/aromatic N) is 3. The number of carbonyl (C=O) groups is 2. The van der Waals surface area contributed by atoms with Crippen molar-refractivity contribution in [3.05, 3.63) is 5.82 Å². The Morgan fingerprint density at radius 1 is 1.11 bits per heavy atom. The summed E-state index contributed by atoms with van der Waals surface area (Å²) in [4.78, 5) is 24.6. The second kappa shape index (κ2) is 6.39. The molecule has 5 aliphatic rings. The summed E-state index contributed by atoms with van der Waals surface area (Å²) >= 11 is 1.21. The summed E-state index contributed by atoms with van der Waals surface area (Å²) in [5.74, 6) is 9.17. The average molecular weight is 391 g/mol. The number of hydrogen-bond donors (Lipinski definition) is 3. The molecular formula is C18H26N6O2S. The molecule has 146 valence electrons. The van der Waals surface area contributed by atoms with Gasteiger partial charge in [0.1, 0.15) is 0 Å². The van der Waals surface area contributed by atoms with Gasteiger partial charge in [0.2, 0.25) is 11.1 Å². The Bertz CT molecular complexity index is 739. The maximum Gasteiger partial charge on any atom is 0.321 e. The van der Waals surface area contributed by atoms with Crippen LogP contribution in [-0.4, -0.2) is 38.1 Å². The van der Waals surface area contributed by atoms with E-state index in [9.17, 15) is 9.59 Å². The summed E-state index contributed by atoms with van der Waals surface area (Å²) in [6.07, 6.45) is 9.33. The van der Waals surface area contributed by atoms with Crippen LogP contribution in [0.3, 0.4) is 0 Å². The van der Waals surface area contributed by atoms with E-state index < -0.39 is 0 Å². The number of nitrogen functional groups attached to an aromatic ring is 1. The van der Waals surface area contributed by atoms with Gasteiger partial charge in [0.15, 0.2) is 5.82 Å². The van der Waals surface area contributed by atoms with E-state index in [-0.39, 0.29) is 23.2 Å². The zero-order valence-electron chi connectivity index (χ0n) is 15.3. The lowest BCUT2D eigenvalue weighted by Gasteiger charge is -2.56. The van der Waals surface area contributed by atoms with Crippen molar-refractivity contribution in [2.45, 2.75) is 68.0 Å². The quantitative estimate of drug-likeness (QED) is 0.521. The number of rotatable bonds is 5. The van der Waals surface area contributed by atoms with E-state index in [2.05, 4.69) is 20.8 Å². The van der Waals surface area contributed by atoms with Gasteiger partial charge in [-0.25, -0.2) is 9.47 Å². The van der Waals surface area contributed by atoms with E-state index in [0.29, 0.717) is 11.1 Å². The van der Waals surface area contributed by atoms with E-state index in [4.69, 9.17) is 5.84 Å². The molecule has 0 aliphatic heterocycles. The zero-order chi connectivity index (χ0) is 18.6. The van der Waals surface area contributed by atoms with Gasteiger partial charge >= 0.3 is 6.03 Å². The Kier molecular flexibility index (Phi) is 4.10. The number of nitrogens with one attached hydrogen (secondary N) is 2. The number of thioether (sulfide) groups is 1. The normalized spacial score (nSPS) is 33.9. The topological polar surface area (TPSA) is 115 Å². The van der Waals surface area contributed by atoms with Gasteiger partial charge in [-0.2, -0.15) is 0 Å². The summed E-state index contributed by atoms with van der Waals surface area (Å²) in [5, 5.41) is 14.3. The van der Waals surface area contributed by atoms with Crippen molar-refractivity contribution in [3.8, 4) is 0 Å². The van der Waals surface area contributed by atoms with Crippen LogP contribution in [0, 0.1) is 17.8 Å². The van der Waals surface area contributed by atoms with E-state index in [1.54, 1.807) is 0 Å². The van der Waals surface area contributed by atoms with Crippen molar-refractivity contribution >= 4 is 23.7 Å². The van der Waals surface area contributed by atoms with Crippen LogP contribution in [0.1, 0.15) is 63.1 Å². The molecule has 0 spiro atoms. The molecule has 1 aromatic rings. The molecule has 5 saturated carbocycles. The fraction of sp³-hybridized carbons (Fsp3) is 0.778. The number of aromatic nitrogens is 3. The van der Waals surface area contributed by atoms with Gasteiger partial charge in [-0.15, -0.1) is 10.2 Å². The highest BCUT2D eigenvalue weighted by atomic mass is 32.2. The molecule has 9 heteroatoms. The lowest BCUT2D eigenvalue weighted by molar-refractivity contribution is -0.117. The molecule has 8 nitrogen and oxygen atoms in total. The van der Waals surface area contributed by atoms with Crippen LogP contribution in [0.5, 0.6) is 0 Å². The van der Waals surface area contributed by atoms with Gasteiger partial charge in [-0.3, -0.25) is 10.1 Å². The minimum atomic E-state index is -0.365. The predicted molar refractivity (Wildman–Crippen MR) is 100 cm³/mol. The Morgan fingerprint density at radius 3 is 2.33 bits per heavy atom. The van der Waals surface area contributed by atoms with Gasteiger partial charge in [0.25, 0.3) is 0 Å². The summed E-state index contributed by atoms with van der Waals surface area (Å²) in [6.45, 7) is 0. The van der Waals surface area contributed by atoms with Gasteiger partial charge in [0.05, 0.1) is 5.75 Å². The van der Waals surface area contributed by atoms with Crippen LogP contribution in [0.15, 0.2) is 5.16 Å². The van der Waals surface area contributed by atoms with Crippen molar-refractivity contribution in [1.29, 1.82) is 0 Å². The molecule has 5 fully saturated rings. The molecule has 0 unspecified atom stereocenters. The summed E-state index contributed by atoms with van der Waals surface area (Å²) in [6, 6.07) is -0.365. The van der Waals surface area contributed by atoms with Gasteiger partial charge < -0.3 is 11.2 Å². The molecule has 4 bridgehead atoms. The Hall–Kier alpha value is -1.77. The highest BCUT2D eigenvalue weighted by Crippen LogP contribution is 2.55. The SMILES string of the molecule is Nn1c(SCC(=O)NC(=O)NC23CC4CC(CC(C4)C2)C3)nnc1C1CC1. The van der Waals surface area contributed by atoms with Crippen LogP contribution in [0.4, 0.5) is 4.79 Å². The standard InChI is InChI=1S/C18H26N6O2S/c19-24-15(13-1-2-13)22-23-17(24)27-9-14(25)20-16(26)21-18-6-10-3-11(7-18)5-12(4-10)8-18/h10-13H,1-9,19H2,(H2,20,21,25,26). The van der Waals surface area contributed by atoms with E-state index in [1.165, 1.54) is 35.7 Å². The molecule has 1 heterocycles. The summed E-state index contributed by atoms with van der Waals surface area (Å²) < 4.78 is 1.46. The smallest absolute Gasteiger partial charge is 0.321 e. The van der Waals surface area contributed by atoms with E-state index >= 15 is 0 Å². The van der Waals surface area contributed by atoms with Crippen molar-refractivity contribution in [2.75, 3.05) is 11.6 Å². The molecule has 6 rings (SSSR count). The maximum atomic E-state index is 12.4. The Morgan fingerprint density at radius 2 is 1.74 bits per heavy atom. The summed E-state index contributed by atoms with van der Waals surface area (Å²) in [7, 11) is 0. The molecular weight excluding hydrogens is 364 g/mol. The third-order valence-corrected chi connectivity index (χ3v) is 7.58. The molecule has 0 radical (unpaired) electrons. The first-order valence-electron chi connectivity index (χ1n) is 9.95. The monoisotopic (exact) mass is 390 g/mol. The second-order valence-electron chi connectivity index (χ2n) is 8.97. The number of urea groups is 1. The first-order valence-corrected chi connectivity index (χ1v) is 10.9. The Labute approximate surface area is 162 Å². The number of nitrogens with two attached hydrogens (primary N) is 1. The lowest BCUT2D eigenvalue weighted by Crippen LogP contribution is -2.61. The van der Waals surface area contributed by atoms with Crippen molar-refractivity contribution in [2.24, 2.45) is 17.8 Å². The fourth-order valence-electron chi connectivity index (χ4n) is 5.84. The third kappa shape index (κ3) is 3.41. The number of carbonyl (C=O) groups excluding carboxylic acids is 2. The van der Waals surface area contributed by atoms with Crippen molar-refractivity contribution in [1.82, 2.24) is 25.5 Å². The highest BCUT2D eigenvalue weighted by molar-refractivity contribution is 7.99. The molecule has 0 atom stereocenters. The Balaban J connectivity index is 1.13. The number of imide groups is 1. The third-order valence-electron chi connectivity index (χ3n) is 6.64. The average Bonchev–Trinajstić information content (AvgIpc) is 3.34. The van der Waals surface area contributed by atoms with Crippen LogP contribution in [-0.2, 0) is 4.79 Å². The van der Waals surface area contributed by atoms with Crippen LogP contribution in [0.2, 0.25) is 0 Å². The van der Waals surface area contributed by atoms with Crippen LogP contribution < -0.4 is 16.5 Å². The second-order valence-corrected chi connectivity index (χ2v) is 9.92. The highest BCUT2D eigenvalue weighted by Gasteiger charge is 2.51. The minimum Gasteiger partial charge on any atom is -0.336 e. The van der Waals surface area contributed by atoms with Gasteiger partial charge in [-0.1, -0.05) is 11.8 Å². The van der Waals surface area contributed by atoms with Crippen LogP contribution >= 0.6 is 11.8 Å². The predicted octanol–water partition coefficient (Wildman–Crippen LogP) is 1.76. The van der Waals surface area contributed by atoms with Gasteiger partial charge in [0, 0.05) is 11.5 Å². The molecule has 5 aliphatic carbocycles. The zero-order valence-corrected chi connectivity index (χ0v) is 16.1. The van der Waals surface area contributed by atoms with Gasteiger partial charge in [-0.05, 0) is 69.1 Å². The lowest BCUT2D eigenvalue weighted by atomic mass is 9.53. The van der Waals surface area contributed by atoms with Crippen LogP contribution in [0.25, 0.3) is 0 Å². The molecule has 1 aromatic heterocycles. The first kappa shape index (κ1) is 17.3. The van der Waals surface area contributed by atoms with E-state index in [0.717, 1.165) is 55.7 Å². The maximum absolute atomic E-state index is 12.4. The summed E-state index contributed by atoms with van der Waals surface area (Å²) in [5.41, 5.74) is -0.0944. The number of hydrogen-bond acceptors (Lipinski definition) is 6. The molecule has 0 saturated heterocycles. The van der Waals surface area contributed by atoms with Crippen molar-refractivity contribution < 1.29 is 9.59 Å². The van der Waals surface area contributed by atoms with E-state index in [1.807, 2.05) is 0 Å². The molecule has 0 aromatic carbocycles. The largest absolute Gasteiger partial charge is 0.336 e. The molecule has 4 N–H and O–H groups in total. The molecule has 27 heavy (non-hydrogen) atoms. The minimum absolute atomic E-state index is 0.0916. The van der Waals surface area contributed by atoms with Crippen molar-refractivity contribution in [3.63, 3.8) is 0 Å². The first-order chi connectivity index (χ1) is 13.0.